The molecule has 0 spiro atoms. The maximum absolute atomic E-state index is 13.7. The molecule has 0 atom stereocenters. The maximum Gasteiger partial charge on any atom is 0.230 e. The molecule has 1 aliphatic heterocycles. The normalized spacial score (nSPS) is 19.0. The highest BCUT2D eigenvalue weighted by Gasteiger charge is 2.40. The average molecular weight is 532 g/mol. The van der Waals surface area contributed by atoms with Gasteiger partial charge in [-0.2, -0.15) is 0 Å². The van der Waals surface area contributed by atoms with E-state index in [0.29, 0.717) is 54.1 Å². The fraction of sp³-hybridized carbons (Fsp3) is 0.286. The fourth-order valence-corrected chi connectivity index (χ4v) is 4.16. The summed E-state index contributed by atoms with van der Waals surface area (Å²) in [5.41, 5.74) is 8.16. The van der Waals surface area contributed by atoms with Crippen molar-refractivity contribution >= 4 is 11.9 Å². The van der Waals surface area contributed by atoms with Crippen molar-refractivity contribution in [2.24, 2.45) is 11.1 Å². The second-order valence-electron chi connectivity index (χ2n) is 9.52. The summed E-state index contributed by atoms with van der Waals surface area (Å²) >= 11 is 0. The Hall–Kier alpha value is -4.19. The molecule has 2 aromatic heterocycles. The minimum Gasteiger partial charge on any atom is -0.354 e. The number of imidazole rings is 1. The van der Waals surface area contributed by atoms with Crippen molar-refractivity contribution in [3.8, 4) is 22.6 Å². The van der Waals surface area contributed by atoms with Crippen LogP contribution < -0.4 is 16.4 Å². The molecule has 0 saturated carbocycles. The van der Waals surface area contributed by atoms with Crippen LogP contribution in [0.1, 0.15) is 24.6 Å². The monoisotopic (exact) mass is 531 g/mol. The van der Waals surface area contributed by atoms with Crippen LogP contribution >= 0.6 is 0 Å². The molecule has 0 aliphatic carbocycles. The van der Waals surface area contributed by atoms with Crippen molar-refractivity contribution in [1.82, 2.24) is 25.3 Å². The SMILES string of the molecule is CC1(C(=O)NCCN)COC(c2nc(-c3ccc(F)cc3)c(-c3ccnc(NCc4ccccc4)n3)[nH]2)OC1. The van der Waals surface area contributed by atoms with E-state index in [4.69, 9.17) is 20.2 Å². The summed E-state index contributed by atoms with van der Waals surface area (Å²) in [5, 5.41) is 6.03. The summed E-state index contributed by atoms with van der Waals surface area (Å²) in [6, 6.07) is 17.7. The van der Waals surface area contributed by atoms with Crippen molar-refractivity contribution in [1.29, 1.82) is 0 Å². The Labute approximate surface area is 225 Å². The number of hydrogen-bond acceptors (Lipinski definition) is 8. The molecule has 1 fully saturated rings. The number of nitrogens with two attached hydrogens (primary N) is 1. The van der Waals surface area contributed by atoms with Crippen LogP contribution in [0.3, 0.4) is 0 Å². The number of nitrogens with one attached hydrogen (secondary N) is 3. The van der Waals surface area contributed by atoms with Crippen LogP contribution in [-0.4, -0.2) is 52.1 Å². The Bertz CT molecular complexity index is 1400. The number of carbonyl (C=O) groups excluding carboxylic acids is 1. The number of aromatic nitrogens is 4. The van der Waals surface area contributed by atoms with E-state index in [1.54, 1.807) is 31.3 Å². The second-order valence-corrected chi connectivity index (χ2v) is 9.52. The maximum atomic E-state index is 13.7. The van der Waals surface area contributed by atoms with Crippen molar-refractivity contribution in [3.63, 3.8) is 0 Å². The summed E-state index contributed by atoms with van der Waals surface area (Å²) < 4.78 is 25.6. The van der Waals surface area contributed by atoms with E-state index in [9.17, 15) is 9.18 Å². The van der Waals surface area contributed by atoms with Gasteiger partial charge in [0, 0.05) is 31.4 Å². The second kappa shape index (κ2) is 11.7. The van der Waals surface area contributed by atoms with Gasteiger partial charge in [-0.3, -0.25) is 4.79 Å². The van der Waals surface area contributed by atoms with Crippen LogP contribution in [-0.2, 0) is 20.8 Å². The summed E-state index contributed by atoms with van der Waals surface area (Å²) in [6.45, 7) is 3.33. The number of nitrogens with zero attached hydrogens (tertiary/aromatic N) is 3. The number of rotatable bonds is 9. The molecule has 1 aliphatic rings. The Morgan fingerprint density at radius 3 is 2.56 bits per heavy atom. The minimum absolute atomic E-state index is 0.136. The van der Waals surface area contributed by atoms with E-state index >= 15 is 0 Å². The number of aromatic amines is 1. The van der Waals surface area contributed by atoms with Crippen molar-refractivity contribution < 1.29 is 18.7 Å². The molecule has 1 saturated heterocycles. The predicted octanol–water partition coefficient (Wildman–Crippen LogP) is 3.41. The molecule has 11 heteroatoms. The zero-order chi connectivity index (χ0) is 27.2. The number of anilines is 1. The van der Waals surface area contributed by atoms with Crippen LogP contribution in [0.4, 0.5) is 10.3 Å². The first-order chi connectivity index (χ1) is 18.9. The molecule has 10 nitrogen and oxygen atoms in total. The smallest absolute Gasteiger partial charge is 0.230 e. The number of ether oxygens (including phenoxy) is 2. The molecule has 2 aromatic carbocycles. The van der Waals surface area contributed by atoms with Gasteiger partial charge in [0.25, 0.3) is 0 Å². The summed E-state index contributed by atoms with van der Waals surface area (Å²) in [4.78, 5) is 29.6. The number of H-pyrrole nitrogens is 1. The number of halogens is 1. The van der Waals surface area contributed by atoms with Gasteiger partial charge < -0.3 is 30.8 Å². The van der Waals surface area contributed by atoms with Gasteiger partial charge in [-0.05, 0) is 42.8 Å². The molecule has 39 heavy (non-hydrogen) atoms. The van der Waals surface area contributed by atoms with Crippen LogP contribution in [0.2, 0.25) is 0 Å². The Morgan fingerprint density at radius 2 is 1.85 bits per heavy atom. The lowest BCUT2D eigenvalue weighted by Crippen LogP contribution is -2.49. The molecule has 3 heterocycles. The Kier molecular flexibility index (Phi) is 7.92. The zero-order valence-electron chi connectivity index (χ0n) is 21.5. The molecule has 5 N–H and O–H groups in total. The van der Waals surface area contributed by atoms with Crippen LogP contribution in [0.15, 0.2) is 66.9 Å². The zero-order valence-corrected chi connectivity index (χ0v) is 21.5. The lowest BCUT2D eigenvalue weighted by Gasteiger charge is -2.35. The van der Waals surface area contributed by atoms with E-state index < -0.39 is 11.7 Å². The highest BCUT2D eigenvalue weighted by atomic mass is 19.1. The Balaban J connectivity index is 1.41. The molecule has 1 amide bonds. The van der Waals surface area contributed by atoms with Crippen LogP contribution in [0.25, 0.3) is 22.6 Å². The largest absolute Gasteiger partial charge is 0.354 e. The van der Waals surface area contributed by atoms with Gasteiger partial charge in [0.05, 0.1) is 35.7 Å². The van der Waals surface area contributed by atoms with Crippen molar-refractivity contribution in [2.75, 3.05) is 31.6 Å². The topological polar surface area (TPSA) is 140 Å². The molecule has 5 rings (SSSR count). The summed E-state index contributed by atoms with van der Waals surface area (Å²) in [5.74, 6) is 0.319. The van der Waals surface area contributed by atoms with E-state index in [-0.39, 0.29) is 24.9 Å². The first-order valence-corrected chi connectivity index (χ1v) is 12.6. The lowest BCUT2D eigenvalue weighted by atomic mass is 9.91. The lowest BCUT2D eigenvalue weighted by molar-refractivity contribution is -0.231. The van der Waals surface area contributed by atoms with Gasteiger partial charge >= 0.3 is 0 Å². The first-order valence-electron chi connectivity index (χ1n) is 12.6. The van der Waals surface area contributed by atoms with Gasteiger partial charge in [0.1, 0.15) is 5.82 Å². The third-order valence-corrected chi connectivity index (χ3v) is 6.35. The minimum atomic E-state index is -0.854. The van der Waals surface area contributed by atoms with E-state index in [1.807, 2.05) is 30.3 Å². The standard InChI is InChI=1S/C28H30FN7O3/c1-28(26(37)31-14-12-30)16-38-25(39-17-28)24-35-22(19-7-9-20(29)10-8-19)23(36-24)21-11-13-32-27(34-21)33-15-18-5-3-2-4-6-18/h2-11,13,25H,12,14-17,30H2,1H3,(H,31,37)(H,35,36)(H,32,33,34). The highest BCUT2D eigenvalue weighted by molar-refractivity contribution is 5.82. The van der Waals surface area contributed by atoms with Crippen molar-refractivity contribution in [3.05, 3.63) is 84.1 Å². The number of hydrogen-bond donors (Lipinski definition) is 4. The van der Waals surface area contributed by atoms with E-state index in [0.717, 1.165) is 5.56 Å². The molecular weight excluding hydrogens is 501 g/mol. The third kappa shape index (κ3) is 6.11. The first kappa shape index (κ1) is 26.4. The fourth-order valence-electron chi connectivity index (χ4n) is 4.16. The van der Waals surface area contributed by atoms with E-state index in [1.165, 1.54) is 12.1 Å². The predicted molar refractivity (Wildman–Crippen MR) is 144 cm³/mol. The van der Waals surface area contributed by atoms with Gasteiger partial charge in [-0.1, -0.05) is 30.3 Å². The van der Waals surface area contributed by atoms with Gasteiger partial charge in [-0.15, -0.1) is 0 Å². The van der Waals surface area contributed by atoms with Crippen molar-refractivity contribution in [2.45, 2.75) is 19.8 Å². The number of benzene rings is 2. The average Bonchev–Trinajstić information content (AvgIpc) is 3.42. The van der Waals surface area contributed by atoms with Crippen LogP contribution in [0, 0.1) is 11.2 Å². The van der Waals surface area contributed by atoms with Gasteiger partial charge in [-0.25, -0.2) is 19.3 Å². The molecule has 0 radical (unpaired) electrons. The number of carbonyl (C=O) groups is 1. The van der Waals surface area contributed by atoms with E-state index in [2.05, 4.69) is 25.6 Å². The quantitative estimate of drug-likeness (QED) is 0.258. The molecule has 202 valence electrons. The highest BCUT2D eigenvalue weighted by Crippen LogP contribution is 2.35. The molecular formula is C28H30FN7O3. The summed E-state index contributed by atoms with van der Waals surface area (Å²) in [7, 11) is 0. The summed E-state index contributed by atoms with van der Waals surface area (Å²) in [6.07, 6.45) is 0.828. The third-order valence-electron chi connectivity index (χ3n) is 6.35. The van der Waals surface area contributed by atoms with Gasteiger partial charge in [0.2, 0.25) is 18.1 Å². The molecule has 4 aromatic rings. The molecule has 0 bridgehead atoms. The van der Waals surface area contributed by atoms with Crippen LogP contribution in [0.5, 0.6) is 0 Å². The van der Waals surface area contributed by atoms with Gasteiger partial charge in [0.15, 0.2) is 5.82 Å². The Morgan fingerprint density at radius 1 is 1.10 bits per heavy atom. The molecule has 0 unspecified atom stereocenters. The number of amides is 1.